The van der Waals surface area contributed by atoms with Gasteiger partial charge in [-0.3, -0.25) is 19.6 Å². The van der Waals surface area contributed by atoms with Crippen LogP contribution in [0.1, 0.15) is 29.8 Å². The van der Waals surface area contributed by atoms with E-state index in [1.165, 1.54) is 18.0 Å². The molecule has 2 rings (SSSR count). The summed E-state index contributed by atoms with van der Waals surface area (Å²) in [5.41, 5.74) is 10.5. The second-order valence-corrected chi connectivity index (χ2v) is 6.60. The number of nitrogens with two attached hydrogens (primary N) is 1. The number of hydrogen-bond acceptors (Lipinski definition) is 5. The zero-order valence-corrected chi connectivity index (χ0v) is 16.4. The Balaban J connectivity index is 1.99. The summed E-state index contributed by atoms with van der Waals surface area (Å²) in [5.74, 6) is -1.84. The van der Waals surface area contributed by atoms with Gasteiger partial charge < -0.3 is 16.4 Å². The van der Waals surface area contributed by atoms with Crippen molar-refractivity contribution in [2.45, 2.75) is 32.4 Å². The Morgan fingerprint density at radius 1 is 0.931 bits per heavy atom. The third-order valence-corrected chi connectivity index (χ3v) is 4.56. The summed E-state index contributed by atoms with van der Waals surface area (Å²) in [6, 6.07) is 13.3. The second kappa shape index (κ2) is 10.4. The Morgan fingerprint density at radius 3 is 1.97 bits per heavy atom. The van der Waals surface area contributed by atoms with Crippen molar-refractivity contribution >= 4 is 17.7 Å². The van der Waals surface area contributed by atoms with Gasteiger partial charge in [0.1, 0.15) is 12.1 Å². The molecule has 154 valence electrons. The fourth-order valence-electron chi connectivity index (χ4n) is 2.70. The lowest BCUT2D eigenvalue weighted by atomic mass is 10.0. The van der Waals surface area contributed by atoms with E-state index < -0.39 is 29.8 Å². The number of carbonyl (C=O) groups excluding carboxylic acids is 3. The van der Waals surface area contributed by atoms with Crippen molar-refractivity contribution < 1.29 is 19.6 Å². The van der Waals surface area contributed by atoms with Crippen molar-refractivity contribution in [1.82, 2.24) is 16.1 Å². The lowest BCUT2D eigenvalue weighted by molar-refractivity contribution is -0.134. The van der Waals surface area contributed by atoms with E-state index >= 15 is 0 Å². The van der Waals surface area contributed by atoms with Crippen LogP contribution in [-0.2, 0) is 16.0 Å². The Morgan fingerprint density at radius 2 is 1.48 bits per heavy atom. The van der Waals surface area contributed by atoms with Crippen LogP contribution in [0.2, 0.25) is 0 Å². The molecule has 3 amide bonds. The van der Waals surface area contributed by atoms with Crippen LogP contribution in [0.25, 0.3) is 11.1 Å². The van der Waals surface area contributed by atoms with Crippen LogP contribution in [0.4, 0.5) is 0 Å². The molecule has 2 aromatic rings. The Labute approximate surface area is 169 Å². The highest BCUT2D eigenvalue weighted by atomic mass is 16.5. The average molecular weight is 398 g/mol. The molecule has 0 spiro atoms. The summed E-state index contributed by atoms with van der Waals surface area (Å²) < 4.78 is 0. The zero-order valence-electron chi connectivity index (χ0n) is 16.4. The molecule has 0 fully saturated rings. The van der Waals surface area contributed by atoms with Gasteiger partial charge in [-0.25, -0.2) is 5.48 Å². The minimum atomic E-state index is -1.09. The molecule has 0 unspecified atom stereocenters. The SMILES string of the molecule is CCc1ccc(-c2ccc(C(=O)N[C@@H](C)C(=O)N[C@@H](CN)C(=O)NO)cc2)cc1. The van der Waals surface area contributed by atoms with E-state index in [0.717, 1.165) is 17.5 Å². The summed E-state index contributed by atoms with van der Waals surface area (Å²) in [6.07, 6.45) is 0.974. The monoisotopic (exact) mass is 398 g/mol. The summed E-state index contributed by atoms with van der Waals surface area (Å²) in [4.78, 5) is 35.9. The minimum Gasteiger partial charge on any atom is -0.341 e. The van der Waals surface area contributed by atoms with Crippen LogP contribution in [0.3, 0.4) is 0 Å². The standard InChI is InChI=1S/C21H26N4O4/c1-3-14-4-6-15(7-5-14)16-8-10-17(11-9-16)20(27)23-13(2)19(26)24-18(12-22)21(28)25-29/h4-11,13,18,29H,3,12,22H2,1-2H3,(H,23,27)(H,24,26)(H,25,28)/t13-,18-/m0/s1. The number of hydrogen-bond donors (Lipinski definition) is 5. The summed E-state index contributed by atoms with van der Waals surface area (Å²) in [7, 11) is 0. The van der Waals surface area contributed by atoms with Gasteiger partial charge in [-0.2, -0.15) is 0 Å². The van der Waals surface area contributed by atoms with Gasteiger partial charge in [0.05, 0.1) is 0 Å². The van der Waals surface area contributed by atoms with E-state index in [2.05, 4.69) is 29.7 Å². The number of amides is 3. The van der Waals surface area contributed by atoms with Crippen molar-refractivity contribution in [3.63, 3.8) is 0 Å². The molecule has 0 bridgehead atoms. The Hall–Kier alpha value is -3.23. The summed E-state index contributed by atoms with van der Waals surface area (Å²) in [5, 5.41) is 13.6. The van der Waals surface area contributed by atoms with Gasteiger partial charge in [-0.1, -0.05) is 43.3 Å². The van der Waals surface area contributed by atoms with Crippen molar-refractivity contribution in [1.29, 1.82) is 0 Å². The third kappa shape index (κ3) is 5.87. The maximum Gasteiger partial charge on any atom is 0.267 e. The molecule has 0 heterocycles. The number of carbonyl (C=O) groups is 3. The molecule has 0 aliphatic rings. The van der Waals surface area contributed by atoms with E-state index in [1.807, 2.05) is 24.3 Å². The molecule has 2 aromatic carbocycles. The highest BCUT2D eigenvalue weighted by molar-refractivity contribution is 5.98. The molecule has 0 aliphatic heterocycles. The Kier molecular flexibility index (Phi) is 7.88. The number of benzene rings is 2. The van der Waals surface area contributed by atoms with Gasteiger partial charge in [0.15, 0.2) is 0 Å². The first-order chi connectivity index (χ1) is 13.9. The molecule has 0 radical (unpaired) electrons. The summed E-state index contributed by atoms with van der Waals surface area (Å²) >= 11 is 0. The number of rotatable bonds is 8. The predicted octanol–water partition coefficient (Wildman–Crippen LogP) is 0.983. The molecule has 0 aliphatic carbocycles. The van der Waals surface area contributed by atoms with Crippen molar-refractivity contribution in [3.05, 3.63) is 59.7 Å². The molecule has 8 nitrogen and oxygen atoms in total. The van der Waals surface area contributed by atoms with Crippen LogP contribution in [0.5, 0.6) is 0 Å². The van der Waals surface area contributed by atoms with E-state index in [1.54, 1.807) is 12.1 Å². The van der Waals surface area contributed by atoms with Gasteiger partial charge >= 0.3 is 0 Å². The molecule has 29 heavy (non-hydrogen) atoms. The lowest BCUT2D eigenvalue weighted by Gasteiger charge is -2.19. The maximum atomic E-state index is 12.4. The largest absolute Gasteiger partial charge is 0.341 e. The molecular weight excluding hydrogens is 372 g/mol. The van der Waals surface area contributed by atoms with E-state index in [-0.39, 0.29) is 6.54 Å². The fourth-order valence-corrected chi connectivity index (χ4v) is 2.70. The predicted molar refractivity (Wildman–Crippen MR) is 109 cm³/mol. The Bertz CT molecular complexity index is 850. The molecule has 2 atom stereocenters. The van der Waals surface area contributed by atoms with Crippen molar-refractivity contribution in [2.75, 3.05) is 6.54 Å². The average Bonchev–Trinajstić information content (AvgIpc) is 2.76. The normalized spacial score (nSPS) is 12.6. The van der Waals surface area contributed by atoms with E-state index in [9.17, 15) is 14.4 Å². The zero-order chi connectivity index (χ0) is 21.4. The van der Waals surface area contributed by atoms with Gasteiger partial charge in [-0.05, 0) is 42.2 Å². The van der Waals surface area contributed by atoms with E-state index in [0.29, 0.717) is 5.56 Å². The van der Waals surface area contributed by atoms with Gasteiger partial charge in [0, 0.05) is 12.1 Å². The highest BCUT2D eigenvalue weighted by Crippen LogP contribution is 2.20. The van der Waals surface area contributed by atoms with Crippen molar-refractivity contribution in [2.24, 2.45) is 5.73 Å². The number of aryl methyl sites for hydroxylation is 1. The van der Waals surface area contributed by atoms with Crippen LogP contribution >= 0.6 is 0 Å². The second-order valence-electron chi connectivity index (χ2n) is 6.60. The van der Waals surface area contributed by atoms with E-state index in [4.69, 9.17) is 10.9 Å². The first-order valence-electron chi connectivity index (χ1n) is 9.34. The molecular formula is C21H26N4O4. The van der Waals surface area contributed by atoms with Gasteiger partial charge in [0.2, 0.25) is 5.91 Å². The number of hydroxylamine groups is 1. The highest BCUT2D eigenvalue weighted by Gasteiger charge is 2.23. The topological polar surface area (TPSA) is 134 Å². The summed E-state index contributed by atoms with van der Waals surface area (Å²) in [6.45, 7) is 3.39. The maximum absolute atomic E-state index is 12.4. The minimum absolute atomic E-state index is 0.195. The van der Waals surface area contributed by atoms with Crippen LogP contribution in [0, 0.1) is 0 Å². The third-order valence-electron chi connectivity index (χ3n) is 4.56. The number of nitrogens with one attached hydrogen (secondary N) is 3. The lowest BCUT2D eigenvalue weighted by Crippen LogP contribution is -2.55. The van der Waals surface area contributed by atoms with Crippen LogP contribution < -0.4 is 21.8 Å². The first-order valence-corrected chi connectivity index (χ1v) is 9.34. The molecule has 0 saturated carbocycles. The quantitative estimate of drug-likeness (QED) is 0.334. The van der Waals surface area contributed by atoms with Crippen LogP contribution in [-0.4, -0.2) is 41.6 Å². The molecule has 0 aromatic heterocycles. The van der Waals surface area contributed by atoms with Gasteiger partial charge in [0.25, 0.3) is 11.8 Å². The first kappa shape index (κ1) is 22.1. The smallest absolute Gasteiger partial charge is 0.267 e. The van der Waals surface area contributed by atoms with Crippen LogP contribution in [0.15, 0.2) is 48.5 Å². The fraction of sp³-hybridized carbons (Fsp3) is 0.286. The molecule has 6 N–H and O–H groups in total. The van der Waals surface area contributed by atoms with Crippen molar-refractivity contribution in [3.8, 4) is 11.1 Å². The van der Waals surface area contributed by atoms with Gasteiger partial charge in [-0.15, -0.1) is 0 Å². The molecule has 8 heteroatoms. The molecule has 0 saturated heterocycles.